The lowest BCUT2D eigenvalue weighted by Gasteiger charge is -2.33. The van der Waals surface area contributed by atoms with Gasteiger partial charge in [-0.25, -0.2) is 17.7 Å². The van der Waals surface area contributed by atoms with Gasteiger partial charge >= 0.3 is 0 Å². The predicted octanol–water partition coefficient (Wildman–Crippen LogP) is 4.84. The minimum absolute atomic E-state index is 0.0982. The Morgan fingerprint density at radius 3 is 2.33 bits per heavy atom. The Morgan fingerprint density at radius 1 is 1.10 bits per heavy atom. The van der Waals surface area contributed by atoms with Crippen LogP contribution in [0.5, 0.6) is 5.75 Å². The molecule has 0 atom stereocenters. The molecule has 2 aromatic rings. The quantitative estimate of drug-likeness (QED) is 0.378. The minimum atomic E-state index is -3.71. The van der Waals surface area contributed by atoms with Gasteiger partial charge in [0.15, 0.2) is 0 Å². The normalized spacial score (nSPS) is 17.2. The molecule has 2 aliphatic heterocycles. The van der Waals surface area contributed by atoms with E-state index in [1.807, 2.05) is 12.3 Å². The van der Waals surface area contributed by atoms with Crippen molar-refractivity contribution in [3.63, 3.8) is 0 Å². The Hall–Kier alpha value is -2.20. The molecule has 0 N–H and O–H groups in total. The molecule has 2 fully saturated rings. The number of carbonyl (C=O) groups is 1. The molecule has 1 aromatic heterocycles. The molecule has 3 heterocycles. The second-order valence-corrected chi connectivity index (χ2v) is 13.4. The lowest BCUT2D eigenvalue weighted by molar-refractivity contribution is -0.120. The third-order valence-corrected chi connectivity index (χ3v) is 10.4. The zero-order valence-corrected chi connectivity index (χ0v) is 25.2. The van der Waals surface area contributed by atoms with Gasteiger partial charge in [-0.3, -0.25) is 9.69 Å². The number of benzene rings is 1. The molecule has 0 aliphatic carbocycles. The number of pyridine rings is 1. The van der Waals surface area contributed by atoms with Gasteiger partial charge < -0.3 is 9.64 Å². The zero-order valence-electron chi connectivity index (χ0n) is 23.6. The van der Waals surface area contributed by atoms with Gasteiger partial charge in [0, 0.05) is 52.3 Å². The van der Waals surface area contributed by atoms with Crippen molar-refractivity contribution < 1.29 is 17.9 Å². The molecule has 1 aromatic carbocycles. The molecule has 0 bridgehead atoms. The van der Waals surface area contributed by atoms with E-state index in [9.17, 15) is 13.2 Å². The van der Waals surface area contributed by atoms with E-state index in [4.69, 9.17) is 16.3 Å². The van der Waals surface area contributed by atoms with E-state index in [0.717, 1.165) is 56.9 Å². The van der Waals surface area contributed by atoms with E-state index < -0.39 is 10.0 Å². The summed E-state index contributed by atoms with van der Waals surface area (Å²) in [4.78, 5) is 22.4. The maximum Gasteiger partial charge on any atom is 0.243 e. The van der Waals surface area contributed by atoms with Crippen LogP contribution in [0.25, 0.3) is 0 Å². The van der Waals surface area contributed by atoms with Crippen LogP contribution in [0.2, 0.25) is 5.02 Å². The van der Waals surface area contributed by atoms with E-state index in [0.29, 0.717) is 28.3 Å². The second-order valence-electron chi connectivity index (χ2n) is 11.0. The van der Waals surface area contributed by atoms with E-state index in [1.54, 1.807) is 33.1 Å². The predicted molar refractivity (Wildman–Crippen MR) is 155 cm³/mol. The van der Waals surface area contributed by atoms with Crippen molar-refractivity contribution in [1.82, 2.24) is 14.2 Å². The van der Waals surface area contributed by atoms with Gasteiger partial charge in [0.1, 0.15) is 17.4 Å². The number of carbonyl (C=O) groups excluding carboxylic acids is 1. The number of ketones is 1. The summed E-state index contributed by atoms with van der Waals surface area (Å²) in [6, 6.07) is 5.48. The summed E-state index contributed by atoms with van der Waals surface area (Å²) in [7, 11) is -0.611. The minimum Gasteiger partial charge on any atom is -0.497 e. The van der Waals surface area contributed by atoms with Crippen LogP contribution in [-0.2, 0) is 21.4 Å². The fourth-order valence-electron chi connectivity index (χ4n) is 5.75. The molecule has 4 rings (SSSR count). The number of likely N-dealkylation sites (tertiary alicyclic amines) is 1. The summed E-state index contributed by atoms with van der Waals surface area (Å²) in [5.41, 5.74) is 2.41. The lowest BCUT2D eigenvalue weighted by atomic mass is 9.91. The fraction of sp³-hybridized carbons (Fsp3) is 0.586. The summed E-state index contributed by atoms with van der Waals surface area (Å²) < 4.78 is 33.0. The fourth-order valence-corrected chi connectivity index (χ4v) is 7.64. The highest BCUT2D eigenvalue weighted by Crippen LogP contribution is 2.31. The van der Waals surface area contributed by atoms with Crippen LogP contribution in [0.15, 0.2) is 29.3 Å². The van der Waals surface area contributed by atoms with E-state index in [1.165, 1.54) is 24.2 Å². The van der Waals surface area contributed by atoms with Gasteiger partial charge in [-0.2, -0.15) is 0 Å². The number of Topliss-reactive ketones (excluding diaryl/α,β-unsaturated/α-hetero) is 1. The van der Waals surface area contributed by atoms with Crippen molar-refractivity contribution >= 4 is 33.2 Å². The first kappa shape index (κ1) is 29.8. The van der Waals surface area contributed by atoms with Crippen molar-refractivity contribution in [2.24, 2.45) is 5.92 Å². The molecule has 0 saturated carbocycles. The van der Waals surface area contributed by atoms with Crippen molar-refractivity contribution in [2.45, 2.75) is 63.8 Å². The van der Waals surface area contributed by atoms with Crippen LogP contribution in [0.1, 0.15) is 55.2 Å². The average Bonchev–Trinajstić information content (AvgIpc) is 3.40. The Kier molecular flexibility index (Phi) is 9.91. The number of nitrogens with zero attached hydrogens (tertiary/aromatic N) is 4. The van der Waals surface area contributed by atoms with E-state index in [-0.39, 0.29) is 29.6 Å². The summed E-state index contributed by atoms with van der Waals surface area (Å²) in [6.45, 7) is 8.47. The topological polar surface area (TPSA) is 83.0 Å². The first-order valence-corrected chi connectivity index (χ1v) is 15.6. The van der Waals surface area contributed by atoms with E-state index in [2.05, 4.69) is 14.8 Å². The Labute approximate surface area is 238 Å². The van der Waals surface area contributed by atoms with Crippen LogP contribution in [0, 0.1) is 19.8 Å². The number of sulfonamides is 1. The largest absolute Gasteiger partial charge is 0.497 e. The number of piperidine rings is 1. The van der Waals surface area contributed by atoms with Gasteiger partial charge in [0.05, 0.1) is 17.0 Å². The number of hydrogen-bond donors (Lipinski definition) is 0. The number of aromatic nitrogens is 1. The van der Waals surface area contributed by atoms with Crippen molar-refractivity contribution in [3.05, 3.63) is 46.1 Å². The molecule has 8 nitrogen and oxygen atoms in total. The average molecular weight is 577 g/mol. The molecule has 2 aliphatic rings. The monoisotopic (exact) mass is 576 g/mol. The second kappa shape index (κ2) is 13.0. The third-order valence-electron chi connectivity index (χ3n) is 7.96. The van der Waals surface area contributed by atoms with Crippen molar-refractivity contribution in [3.8, 4) is 5.75 Å². The van der Waals surface area contributed by atoms with Gasteiger partial charge in [0.25, 0.3) is 0 Å². The van der Waals surface area contributed by atoms with Crippen LogP contribution >= 0.6 is 11.6 Å². The van der Waals surface area contributed by atoms with Crippen molar-refractivity contribution in [2.75, 3.05) is 51.8 Å². The van der Waals surface area contributed by atoms with Gasteiger partial charge in [-0.05, 0) is 93.4 Å². The summed E-state index contributed by atoms with van der Waals surface area (Å²) in [5, 5.41) is 0.688. The Bertz CT molecular complexity index is 1250. The maximum absolute atomic E-state index is 13.2. The molecule has 0 spiro atoms. The van der Waals surface area contributed by atoms with Crippen LogP contribution in [-0.4, -0.2) is 75.3 Å². The molecular formula is C29H41ClN4O4S. The van der Waals surface area contributed by atoms with Crippen LogP contribution < -0.4 is 9.64 Å². The molecule has 0 radical (unpaired) electrons. The van der Waals surface area contributed by atoms with Gasteiger partial charge in [0.2, 0.25) is 10.0 Å². The molecule has 39 heavy (non-hydrogen) atoms. The number of hydrogen-bond acceptors (Lipinski definition) is 7. The molecule has 0 unspecified atom stereocenters. The maximum atomic E-state index is 13.2. The molecule has 10 heteroatoms. The van der Waals surface area contributed by atoms with Gasteiger partial charge in [-0.15, -0.1) is 0 Å². The smallest absolute Gasteiger partial charge is 0.243 e. The summed E-state index contributed by atoms with van der Waals surface area (Å²) in [5.74, 6) is 1.83. The van der Waals surface area contributed by atoms with E-state index >= 15 is 0 Å². The number of halogens is 1. The third kappa shape index (κ3) is 7.31. The number of anilines is 1. The highest BCUT2D eigenvalue weighted by atomic mass is 35.5. The summed E-state index contributed by atoms with van der Waals surface area (Å²) in [6.07, 6.45) is 6.91. The lowest BCUT2D eigenvalue weighted by Crippen LogP contribution is -2.35. The molecular weight excluding hydrogens is 536 g/mol. The Balaban J connectivity index is 1.25. The molecule has 2 saturated heterocycles. The van der Waals surface area contributed by atoms with Crippen molar-refractivity contribution in [1.29, 1.82) is 0 Å². The van der Waals surface area contributed by atoms with Gasteiger partial charge in [-0.1, -0.05) is 11.6 Å². The highest BCUT2D eigenvalue weighted by Gasteiger charge is 2.27. The zero-order chi connectivity index (χ0) is 28.2. The number of rotatable bonds is 11. The number of ether oxygens (including phenoxy) is 1. The molecule has 0 amide bonds. The number of methoxy groups -OCH3 is 1. The standard InChI is InChI=1S/C29H41ClN4O4S/c1-21-15-26(38-4)16-22(2)28(21)39(36,37)32(3)12-9-25(35)17-23-7-13-34(14-8-23)29-27(30)18-24(19-31-29)20-33-10-5-6-11-33/h15-16,18-19,23H,5-14,17,20H2,1-4H3. The number of aryl methyl sites for hydroxylation is 2. The Morgan fingerprint density at radius 2 is 1.74 bits per heavy atom. The first-order valence-electron chi connectivity index (χ1n) is 13.8. The highest BCUT2D eigenvalue weighted by molar-refractivity contribution is 7.89. The van der Waals surface area contributed by atoms with Crippen LogP contribution in [0.3, 0.4) is 0 Å². The first-order chi connectivity index (χ1) is 18.6. The SMILES string of the molecule is COc1cc(C)c(S(=O)(=O)N(C)CCC(=O)CC2CCN(c3ncc(CN4CCCC4)cc3Cl)CC2)c(C)c1. The molecule has 214 valence electrons. The summed E-state index contributed by atoms with van der Waals surface area (Å²) >= 11 is 6.62. The van der Waals surface area contributed by atoms with Crippen LogP contribution in [0.4, 0.5) is 5.82 Å².